The molecule has 2 heterocycles. The van der Waals surface area contributed by atoms with Crippen LogP contribution in [0.5, 0.6) is 0 Å². The first-order valence-corrected chi connectivity index (χ1v) is 23.4. The van der Waals surface area contributed by atoms with Crippen LogP contribution in [0.3, 0.4) is 0 Å². The summed E-state index contributed by atoms with van der Waals surface area (Å²) in [4.78, 5) is 28.3. The summed E-state index contributed by atoms with van der Waals surface area (Å²) in [7, 11) is 0. The molecule has 3 rings (SSSR count). The van der Waals surface area contributed by atoms with Crippen molar-refractivity contribution in [1.29, 1.82) is 0 Å². The third kappa shape index (κ3) is 9.38. The van der Waals surface area contributed by atoms with Crippen LogP contribution >= 0.6 is 23.1 Å². The summed E-state index contributed by atoms with van der Waals surface area (Å²) >= 11 is 1.31. The molecule has 1 N–H and O–H groups in total. The first-order valence-electron chi connectivity index (χ1n) is 14.2. The quantitative estimate of drug-likeness (QED) is 0.0485. The molecular weight excluding hydrogens is 639 g/mol. The van der Waals surface area contributed by atoms with Crippen molar-refractivity contribution in [3.05, 3.63) is 52.5 Å². The van der Waals surface area contributed by atoms with Gasteiger partial charge < -0.3 is 0 Å². The molecule has 0 radical (unpaired) electrons. The number of nitrogens with zero attached hydrogens (tertiary/aromatic N) is 3. The number of nitro benzene ring substituents is 1. The average Bonchev–Trinajstić information content (AvgIpc) is 3.54. The second kappa shape index (κ2) is 16.5. The van der Waals surface area contributed by atoms with Gasteiger partial charge in [-0.2, -0.15) is 0 Å². The molecule has 0 aliphatic heterocycles. The Morgan fingerprint density at radius 2 is 1.72 bits per heavy atom. The minimum absolute atomic E-state index is 0.0152. The molecule has 1 aromatic carbocycles. The third-order valence-electron chi connectivity index (χ3n) is 7.08. The summed E-state index contributed by atoms with van der Waals surface area (Å²) < 4.78 is 13.6. The van der Waals surface area contributed by atoms with E-state index in [-0.39, 0.29) is 12.3 Å². The third-order valence-corrected chi connectivity index (χ3v) is 27.5. The fourth-order valence-electron chi connectivity index (χ4n) is 4.76. The number of nitro groups is 1. The van der Waals surface area contributed by atoms with Crippen LogP contribution in [-0.2, 0) is 11.3 Å². The Morgan fingerprint density at radius 1 is 1.08 bits per heavy atom. The molecule has 39 heavy (non-hydrogen) atoms. The van der Waals surface area contributed by atoms with Gasteiger partial charge in [-0.3, -0.25) is 10.1 Å². The summed E-state index contributed by atoms with van der Waals surface area (Å²) in [6, 6.07) is 5.99. The number of amides is 1. The topological polar surface area (TPSA) is 98.8 Å². The van der Waals surface area contributed by atoms with Gasteiger partial charge >= 0.3 is 195 Å². The van der Waals surface area contributed by atoms with Crippen molar-refractivity contribution in [1.82, 2.24) is 14.7 Å². The normalized spacial score (nSPS) is 11.7. The van der Waals surface area contributed by atoms with E-state index in [4.69, 9.17) is 4.74 Å². The molecule has 0 saturated heterocycles. The van der Waals surface area contributed by atoms with Crippen molar-refractivity contribution in [2.45, 2.75) is 90.7 Å². The summed E-state index contributed by atoms with van der Waals surface area (Å²) in [5.74, 6) is 0.860. The Bertz CT molecular complexity index is 1160. The number of hydrogen-bond acceptors (Lipinski definition) is 7. The minimum atomic E-state index is -2.45. The molecule has 1 amide bonds. The van der Waals surface area contributed by atoms with E-state index in [1.165, 1.54) is 68.8 Å². The summed E-state index contributed by atoms with van der Waals surface area (Å²) in [5.41, 5.74) is 0.722. The van der Waals surface area contributed by atoms with Gasteiger partial charge in [-0.1, -0.05) is 0 Å². The van der Waals surface area contributed by atoms with Gasteiger partial charge in [0.2, 0.25) is 0 Å². The van der Waals surface area contributed by atoms with Gasteiger partial charge in [-0.15, -0.1) is 0 Å². The number of imidazole rings is 1. The van der Waals surface area contributed by atoms with E-state index in [1.807, 2.05) is 17.7 Å². The van der Waals surface area contributed by atoms with Gasteiger partial charge in [-0.05, 0) is 17.7 Å². The number of nitrogens with one attached hydrogen (secondary N) is 1. The number of aromatic nitrogens is 2. The second-order valence-electron chi connectivity index (χ2n) is 10.1. The molecule has 0 aliphatic carbocycles. The molecule has 0 saturated carbocycles. The maximum atomic E-state index is 12.0. The van der Waals surface area contributed by atoms with E-state index in [9.17, 15) is 14.9 Å². The van der Waals surface area contributed by atoms with E-state index < -0.39 is 29.4 Å². The Hall–Kier alpha value is -1.79. The Kier molecular flexibility index (Phi) is 13.4. The number of thioether (sulfide) groups is 1. The van der Waals surface area contributed by atoms with Gasteiger partial charge in [0, 0.05) is 12.1 Å². The molecule has 8 nitrogen and oxygen atoms in total. The number of non-ortho nitro benzene ring substituents is 1. The Morgan fingerprint density at radius 3 is 2.31 bits per heavy atom. The molecule has 0 atom stereocenters. The predicted molar refractivity (Wildman–Crippen MR) is 164 cm³/mol. The molecule has 0 unspecified atom stereocenters. The van der Waals surface area contributed by atoms with Crippen molar-refractivity contribution in [2.24, 2.45) is 0 Å². The zero-order valence-corrected chi connectivity index (χ0v) is 27.9. The second-order valence-corrected chi connectivity index (χ2v) is 26.4. The molecule has 0 aliphatic rings. The van der Waals surface area contributed by atoms with E-state index in [2.05, 4.69) is 41.7 Å². The molecule has 0 bridgehead atoms. The van der Waals surface area contributed by atoms with E-state index in [0.29, 0.717) is 12.1 Å². The Balaban J connectivity index is 1.50. The molecule has 0 spiro atoms. The monoisotopic (exact) mass is 682 g/mol. The first kappa shape index (κ1) is 31.7. The first-order chi connectivity index (χ1) is 18.9. The predicted octanol–water partition coefficient (Wildman–Crippen LogP) is 7.77. The van der Waals surface area contributed by atoms with Crippen molar-refractivity contribution < 1.29 is 14.5 Å². The number of carbonyl (C=O) groups excluding carboxylic acids is 1. The van der Waals surface area contributed by atoms with Gasteiger partial charge in [0.25, 0.3) is 5.69 Å². The van der Waals surface area contributed by atoms with Gasteiger partial charge in [0.05, 0.1) is 4.92 Å². The van der Waals surface area contributed by atoms with Gasteiger partial charge in [-0.25, -0.2) is 0 Å². The van der Waals surface area contributed by atoms with Crippen LogP contribution < -0.4 is 8.21 Å². The van der Waals surface area contributed by atoms with Crippen LogP contribution in [0.25, 0.3) is 4.83 Å². The number of carbonyl (C=O) groups is 1. The summed E-state index contributed by atoms with van der Waals surface area (Å²) in [5, 5.41) is 14.6. The standard InChI is InChI=1S/C16H15N4O4S2.3C4H9.Sn/c21-16(24-10-12-2-4-13(5-3-12)20(22)23)17-6-1-8-25-14-15-19(11-18-14)7-9-26-15;3*1-3-4-2;/h2-5,7,11H,1,6,8,10H2,(H,17,21);3*1,3-4H2,2H3;. The van der Waals surface area contributed by atoms with E-state index >= 15 is 0 Å². The summed E-state index contributed by atoms with van der Waals surface area (Å²) in [6.45, 7) is 7.56. The van der Waals surface area contributed by atoms with Crippen LogP contribution in [0, 0.1) is 10.1 Å². The zero-order valence-electron chi connectivity index (χ0n) is 23.4. The van der Waals surface area contributed by atoms with Crippen LogP contribution in [-0.4, -0.2) is 51.1 Å². The number of benzene rings is 1. The van der Waals surface area contributed by atoms with Gasteiger partial charge in [0.1, 0.15) is 0 Å². The number of thiazole rings is 1. The zero-order chi connectivity index (χ0) is 28.1. The van der Waals surface area contributed by atoms with E-state index in [1.54, 1.807) is 26.8 Å². The summed E-state index contributed by atoms with van der Waals surface area (Å²) in [6.07, 6.45) is 12.6. The molecule has 2 aromatic heterocycles. The van der Waals surface area contributed by atoms with Crippen molar-refractivity contribution >= 4 is 61.0 Å². The fourth-order valence-corrected chi connectivity index (χ4v) is 25.8. The molecule has 11 heteroatoms. The molecule has 214 valence electrons. The molecular formula is C28H42N4O4S2Sn. The van der Waals surface area contributed by atoms with Crippen LogP contribution in [0.1, 0.15) is 71.3 Å². The SMILES string of the molecule is CCC[CH2][Sn]([CH2]CCC)([CH2]CCC)[c]1cn2cnc(SCCCNC(=O)OCc3ccc([N+](=O)[O-])cc3)c2s1. The van der Waals surface area contributed by atoms with Crippen molar-refractivity contribution in [3.63, 3.8) is 0 Å². The number of hydrogen-bond donors (Lipinski definition) is 1. The molecule has 3 aromatic rings. The van der Waals surface area contributed by atoms with Crippen LogP contribution in [0.15, 0.2) is 41.8 Å². The number of fused-ring (bicyclic) bond motifs is 1. The number of rotatable bonds is 18. The van der Waals surface area contributed by atoms with Crippen LogP contribution in [0.2, 0.25) is 13.3 Å². The van der Waals surface area contributed by atoms with Crippen molar-refractivity contribution in [2.75, 3.05) is 12.3 Å². The van der Waals surface area contributed by atoms with Crippen molar-refractivity contribution in [3.8, 4) is 0 Å². The van der Waals surface area contributed by atoms with Crippen LogP contribution in [0.4, 0.5) is 10.5 Å². The molecule has 0 fully saturated rings. The average molecular weight is 682 g/mol. The van der Waals surface area contributed by atoms with E-state index in [0.717, 1.165) is 17.2 Å². The van der Waals surface area contributed by atoms with Gasteiger partial charge in [0.15, 0.2) is 0 Å². The fraction of sp³-hybridized carbons (Fsp3) is 0.571. The number of unbranched alkanes of at least 4 members (excludes halogenated alkanes) is 3. The number of alkyl carbamates (subject to hydrolysis) is 1. The Labute approximate surface area is 244 Å². The number of ether oxygens (including phenoxy) is 1. The maximum absolute atomic E-state index is 12.0.